The van der Waals surface area contributed by atoms with Crippen LogP contribution in [-0.4, -0.2) is 65.4 Å². The number of fused-ring (bicyclic) bond motifs is 1. The molecular formula is C28H31N5O2. The van der Waals surface area contributed by atoms with Crippen LogP contribution in [0.4, 0.5) is 5.69 Å². The van der Waals surface area contributed by atoms with Crippen LogP contribution < -0.4 is 4.90 Å². The fourth-order valence-electron chi connectivity index (χ4n) is 4.62. The number of benzene rings is 2. The maximum absolute atomic E-state index is 13.2. The lowest BCUT2D eigenvalue weighted by atomic mass is 10.1. The molecule has 3 aromatic rings. The minimum absolute atomic E-state index is 0.0409. The molecule has 2 aromatic carbocycles. The van der Waals surface area contributed by atoms with Crippen LogP contribution >= 0.6 is 0 Å². The number of aromatic nitrogens is 1. The molecule has 2 heterocycles. The van der Waals surface area contributed by atoms with Gasteiger partial charge in [0.05, 0.1) is 0 Å². The fraction of sp³-hybridized carbons (Fsp3) is 0.321. The third kappa shape index (κ3) is 5.22. The monoisotopic (exact) mass is 469 g/mol. The predicted molar refractivity (Wildman–Crippen MR) is 139 cm³/mol. The van der Waals surface area contributed by atoms with Gasteiger partial charge in [-0.15, -0.1) is 0 Å². The third-order valence-electron chi connectivity index (χ3n) is 6.58. The second-order valence-corrected chi connectivity index (χ2v) is 8.58. The van der Waals surface area contributed by atoms with Gasteiger partial charge in [-0.3, -0.25) is 9.59 Å². The summed E-state index contributed by atoms with van der Waals surface area (Å²) >= 11 is 0. The summed E-state index contributed by atoms with van der Waals surface area (Å²) in [6.07, 6.45) is 3.52. The Morgan fingerprint density at radius 1 is 0.971 bits per heavy atom. The first-order valence-corrected chi connectivity index (χ1v) is 12.1. The van der Waals surface area contributed by atoms with E-state index in [9.17, 15) is 14.9 Å². The first-order chi connectivity index (χ1) is 17.0. The zero-order chi connectivity index (χ0) is 24.8. The third-order valence-corrected chi connectivity index (χ3v) is 6.58. The number of carbonyl (C=O) groups excluding carboxylic acids is 2. The summed E-state index contributed by atoms with van der Waals surface area (Å²) in [5.41, 5.74) is 2.92. The van der Waals surface area contributed by atoms with Gasteiger partial charge in [-0.05, 0) is 38.1 Å². The molecule has 1 aromatic heterocycles. The average molecular weight is 470 g/mol. The zero-order valence-electron chi connectivity index (χ0n) is 20.4. The summed E-state index contributed by atoms with van der Waals surface area (Å²) in [6, 6.07) is 20.0. The second-order valence-electron chi connectivity index (χ2n) is 8.58. The molecule has 0 unspecified atom stereocenters. The van der Waals surface area contributed by atoms with E-state index < -0.39 is 0 Å². The maximum atomic E-state index is 13.2. The van der Waals surface area contributed by atoms with Crippen LogP contribution in [0, 0.1) is 11.3 Å². The lowest BCUT2D eigenvalue weighted by Gasteiger charge is -2.36. The first kappa shape index (κ1) is 24.1. The summed E-state index contributed by atoms with van der Waals surface area (Å²) in [5, 5.41) is 10.7. The van der Waals surface area contributed by atoms with E-state index in [0.29, 0.717) is 26.2 Å². The van der Waals surface area contributed by atoms with E-state index in [1.54, 1.807) is 15.9 Å². The first-order valence-electron chi connectivity index (χ1n) is 12.1. The van der Waals surface area contributed by atoms with E-state index in [2.05, 4.69) is 23.1 Å². The standard InChI is InChI=1S/C28H31N5O2/c1-3-30(4-2)27(34)21-33-20-23(25-12-8-9-13-26(25)33)18-22(19-29)28(35)32-16-14-31(15-17-32)24-10-6-5-7-11-24/h5-13,18,20H,3-4,14-17,21H2,1-2H3. The van der Waals surface area contributed by atoms with Crippen molar-refractivity contribution in [1.29, 1.82) is 5.26 Å². The van der Waals surface area contributed by atoms with Gasteiger partial charge in [0.2, 0.25) is 5.91 Å². The second kappa shape index (κ2) is 10.9. The molecule has 0 spiro atoms. The van der Waals surface area contributed by atoms with Crippen molar-refractivity contribution in [3.8, 4) is 6.07 Å². The highest BCUT2D eigenvalue weighted by atomic mass is 16.2. The average Bonchev–Trinajstić information content (AvgIpc) is 3.25. The number of carbonyl (C=O) groups is 2. The molecular weight excluding hydrogens is 438 g/mol. The van der Waals surface area contributed by atoms with Gasteiger partial charge >= 0.3 is 0 Å². The van der Waals surface area contributed by atoms with Crippen molar-refractivity contribution in [1.82, 2.24) is 14.4 Å². The summed E-state index contributed by atoms with van der Waals surface area (Å²) in [5.74, 6) is -0.213. The topological polar surface area (TPSA) is 72.6 Å². The Morgan fingerprint density at radius 2 is 1.63 bits per heavy atom. The SMILES string of the molecule is CCN(CC)C(=O)Cn1cc(C=C(C#N)C(=O)N2CCN(c3ccccc3)CC2)c2ccccc21. The number of nitrogens with zero attached hydrogens (tertiary/aromatic N) is 5. The van der Waals surface area contributed by atoms with E-state index in [4.69, 9.17) is 0 Å². The molecule has 2 amide bonds. The molecule has 0 radical (unpaired) electrons. The molecule has 0 bridgehead atoms. The fourth-order valence-corrected chi connectivity index (χ4v) is 4.62. The number of likely N-dealkylation sites (N-methyl/N-ethyl adjacent to an activating group) is 1. The number of para-hydroxylation sites is 2. The Morgan fingerprint density at radius 3 is 2.29 bits per heavy atom. The van der Waals surface area contributed by atoms with Crippen LogP contribution in [0.5, 0.6) is 0 Å². The molecule has 7 nitrogen and oxygen atoms in total. The number of rotatable bonds is 7. The van der Waals surface area contributed by atoms with Gasteiger partial charge in [-0.2, -0.15) is 5.26 Å². The molecule has 0 aliphatic carbocycles. The van der Waals surface area contributed by atoms with Gasteiger partial charge in [0.15, 0.2) is 0 Å². The molecule has 1 fully saturated rings. The number of amides is 2. The maximum Gasteiger partial charge on any atom is 0.264 e. The van der Waals surface area contributed by atoms with Crippen LogP contribution in [0.15, 0.2) is 66.4 Å². The number of anilines is 1. The van der Waals surface area contributed by atoms with Crippen molar-refractivity contribution in [3.05, 3.63) is 71.9 Å². The van der Waals surface area contributed by atoms with Crippen molar-refractivity contribution in [2.75, 3.05) is 44.2 Å². The summed E-state index contributed by atoms with van der Waals surface area (Å²) in [7, 11) is 0. The minimum Gasteiger partial charge on any atom is -0.368 e. The van der Waals surface area contributed by atoms with Crippen LogP contribution in [0.25, 0.3) is 17.0 Å². The van der Waals surface area contributed by atoms with Crippen molar-refractivity contribution in [2.24, 2.45) is 0 Å². The molecule has 0 atom stereocenters. The highest BCUT2D eigenvalue weighted by Gasteiger charge is 2.24. The Balaban J connectivity index is 1.54. The summed E-state index contributed by atoms with van der Waals surface area (Å²) in [6.45, 7) is 8.04. The molecule has 4 rings (SSSR count). The summed E-state index contributed by atoms with van der Waals surface area (Å²) < 4.78 is 1.90. The zero-order valence-corrected chi connectivity index (χ0v) is 20.4. The smallest absolute Gasteiger partial charge is 0.264 e. The highest BCUT2D eigenvalue weighted by molar-refractivity contribution is 6.04. The van der Waals surface area contributed by atoms with E-state index in [-0.39, 0.29) is 23.9 Å². The predicted octanol–water partition coefficient (Wildman–Crippen LogP) is 3.77. The molecule has 1 aliphatic heterocycles. The van der Waals surface area contributed by atoms with E-state index >= 15 is 0 Å². The van der Waals surface area contributed by atoms with Gasteiger partial charge < -0.3 is 19.3 Å². The van der Waals surface area contributed by atoms with Crippen molar-refractivity contribution >= 4 is 34.5 Å². The van der Waals surface area contributed by atoms with Gasteiger partial charge in [0.1, 0.15) is 18.2 Å². The van der Waals surface area contributed by atoms with E-state index in [1.165, 1.54) is 0 Å². The van der Waals surface area contributed by atoms with E-state index in [0.717, 1.165) is 35.2 Å². The van der Waals surface area contributed by atoms with Crippen molar-refractivity contribution < 1.29 is 9.59 Å². The van der Waals surface area contributed by atoms with Gasteiger partial charge in [-0.1, -0.05) is 36.4 Å². The van der Waals surface area contributed by atoms with Crippen LogP contribution in [0.3, 0.4) is 0 Å². The van der Waals surface area contributed by atoms with E-state index in [1.807, 2.05) is 67.1 Å². The summed E-state index contributed by atoms with van der Waals surface area (Å²) in [4.78, 5) is 31.7. The molecule has 180 valence electrons. The quantitative estimate of drug-likeness (QED) is 0.390. The number of hydrogen-bond donors (Lipinski definition) is 0. The van der Waals surface area contributed by atoms with Crippen LogP contribution in [-0.2, 0) is 16.1 Å². The lowest BCUT2D eigenvalue weighted by Crippen LogP contribution is -2.49. The molecule has 35 heavy (non-hydrogen) atoms. The number of hydrogen-bond acceptors (Lipinski definition) is 4. The molecule has 7 heteroatoms. The number of nitriles is 1. The molecule has 0 saturated carbocycles. The Bertz CT molecular complexity index is 1260. The van der Waals surface area contributed by atoms with Gasteiger partial charge in [0, 0.05) is 67.6 Å². The largest absolute Gasteiger partial charge is 0.368 e. The normalized spacial score (nSPS) is 14.1. The highest BCUT2D eigenvalue weighted by Crippen LogP contribution is 2.25. The molecule has 1 aliphatic rings. The molecule has 1 saturated heterocycles. The van der Waals surface area contributed by atoms with Crippen LogP contribution in [0.1, 0.15) is 19.4 Å². The Hall–Kier alpha value is -4.05. The van der Waals surface area contributed by atoms with Gasteiger partial charge in [-0.25, -0.2) is 0 Å². The Labute approximate surface area is 206 Å². The van der Waals surface area contributed by atoms with Crippen LogP contribution in [0.2, 0.25) is 0 Å². The number of piperazine rings is 1. The Kier molecular flexibility index (Phi) is 7.51. The minimum atomic E-state index is -0.253. The van der Waals surface area contributed by atoms with Gasteiger partial charge in [0.25, 0.3) is 5.91 Å². The molecule has 0 N–H and O–H groups in total. The van der Waals surface area contributed by atoms with Crippen molar-refractivity contribution in [2.45, 2.75) is 20.4 Å². The van der Waals surface area contributed by atoms with Crippen molar-refractivity contribution in [3.63, 3.8) is 0 Å². The lowest BCUT2D eigenvalue weighted by molar-refractivity contribution is -0.131.